The Hall–Kier alpha value is -2.84. The highest BCUT2D eigenvalue weighted by Gasteiger charge is 2.31. The van der Waals surface area contributed by atoms with Crippen molar-refractivity contribution in [2.75, 3.05) is 6.54 Å². The van der Waals surface area contributed by atoms with Crippen LogP contribution in [0.3, 0.4) is 0 Å². The number of fused-ring (bicyclic) bond motifs is 1. The summed E-state index contributed by atoms with van der Waals surface area (Å²) in [5.41, 5.74) is 0.171. The third-order valence-electron chi connectivity index (χ3n) is 3.63. The minimum atomic E-state index is -4.79. The number of amides is 1. The third kappa shape index (κ3) is 4.17. The zero-order chi connectivity index (χ0) is 18.0. The average Bonchev–Trinajstić information content (AvgIpc) is 2.91. The summed E-state index contributed by atoms with van der Waals surface area (Å²) in [7, 11) is 0. The van der Waals surface area contributed by atoms with Crippen LogP contribution in [-0.4, -0.2) is 38.5 Å². The average molecular weight is 352 g/mol. The van der Waals surface area contributed by atoms with Crippen molar-refractivity contribution >= 4 is 12.0 Å². The molecule has 2 aromatic rings. The van der Waals surface area contributed by atoms with E-state index in [0.29, 0.717) is 31.3 Å². The Kier molecular flexibility index (Phi) is 4.47. The lowest BCUT2D eigenvalue weighted by atomic mass is 10.2. The molecule has 0 atom stereocenters. The van der Waals surface area contributed by atoms with E-state index in [1.807, 2.05) is 0 Å². The van der Waals surface area contributed by atoms with E-state index in [9.17, 15) is 18.0 Å². The van der Waals surface area contributed by atoms with Crippen LogP contribution in [0.2, 0.25) is 0 Å². The van der Waals surface area contributed by atoms with E-state index in [4.69, 9.17) is 0 Å². The molecule has 0 saturated carbocycles. The first kappa shape index (κ1) is 17.0. The molecule has 9 heteroatoms. The van der Waals surface area contributed by atoms with Crippen molar-refractivity contribution in [2.45, 2.75) is 26.4 Å². The fourth-order valence-corrected chi connectivity index (χ4v) is 2.55. The highest BCUT2D eigenvalue weighted by atomic mass is 19.4. The second-order valence-electron chi connectivity index (χ2n) is 5.48. The van der Waals surface area contributed by atoms with Crippen LogP contribution in [0.15, 0.2) is 30.3 Å². The fourth-order valence-electron chi connectivity index (χ4n) is 2.55. The van der Waals surface area contributed by atoms with E-state index < -0.39 is 6.36 Å². The van der Waals surface area contributed by atoms with E-state index in [1.54, 1.807) is 22.6 Å². The standard InChI is InChI=1S/C16H15F3N4O2/c1-11-20-14-10-22(8-9-23(14)21-11)15(24)7-6-12-4-2-3-5-13(12)25-16(17,18)19/h2-7H,8-10H2,1H3. The van der Waals surface area contributed by atoms with Gasteiger partial charge in [0.2, 0.25) is 5.91 Å². The molecule has 1 aliphatic heterocycles. The van der Waals surface area contributed by atoms with Crippen LogP contribution >= 0.6 is 0 Å². The number of aryl methyl sites for hydroxylation is 1. The third-order valence-corrected chi connectivity index (χ3v) is 3.63. The number of para-hydroxylation sites is 1. The van der Waals surface area contributed by atoms with E-state index in [2.05, 4.69) is 14.8 Å². The second-order valence-corrected chi connectivity index (χ2v) is 5.48. The van der Waals surface area contributed by atoms with Crippen molar-refractivity contribution in [2.24, 2.45) is 0 Å². The molecule has 0 radical (unpaired) electrons. The van der Waals surface area contributed by atoms with Gasteiger partial charge >= 0.3 is 6.36 Å². The lowest BCUT2D eigenvalue weighted by molar-refractivity contribution is -0.274. The molecule has 2 heterocycles. The Balaban J connectivity index is 1.71. The number of hydrogen-bond acceptors (Lipinski definition) is 4. The van der Waals surface area contributed by atoms with Gasteiger partial charge in [-0.15, -0.1) is 13.2 Å². The number of nitrogens with zero attached hydrogens (tertiary/aromatic N) is 4. The van der Waals surface area contributed by atoms with Crippen LogP contribution in [0.25, 0.3) is 6.08 Å². The summed E-state index contributed by atoms with van der Waals surface area (Å²) in [4.78, 5) is 18.1. The van der Waals surface area contributed by atoms with Gasteiger partial charge in [0.05, 0.1) is 13.1 Å². The van der Waals surface area contributed by atoms with E-state index in [-0.39, 0.29) is 17.2 Å². The Morgan fingerprint density at radius 2 is 2.04 bits per heavy atom. The van der Waals surface area contributed by atoms with Gasteiger partial charge < -0.3 is 9.64 Å². The molecule has 3 rings (SSSR count). The molecule has 0 aliphatic carbocycles. The molecule has 1 aromatic heterocycles. The van der Waals surface area contributed by atoms with E-state index >= 15 is 0 Å². The number of hydrogen-bond donors (Lipinski definition) is 0. The minimum Gasteiger partial charge on any atom is -0.405 e. The summed E-state index contributed by atoms with van der Waals surface area (Å²) in [6.07, 6.45) is -2.24. The molecule has 1 aromatic carbocycles. The summed E-state index contributed by atoms with van der Waals surface area (Å²) < 4.78 is 43.0. The minimum absolute atomic E-state index is 0.171. The quantitative estimate of drug-likeness (QED) is 0.797. The smallest absolute Gasteiger partial charge is 0.405 e. The molecular formula is C16H15F3N4O2. The Labute approximate surface area is 141 Å². The first-order chi connectivity index (χ1) is 11.8. The van der Waals surface area contributed by atoms with Gasteiger partial charge in [-0.25, -0.2) is 9.67 Å². The molecule has 6 nitrogen and oxygen atoms in total. The summed E-state index contributed by atoms with van der Waals surface area (Å²) in [5, 5.41) is 4.21. The van der Waals surface area contributed by atoms with Crippen molar-refractivity contribution in [1.29, 1.82) is 0 Å². The van der Waals surface area contributed by atoms with Crippen molar-refractivity contribution in [3.63, 3.8) is 0 Å². The molecule has 0 N–H and O–H groups in total. The topological polar surface area (TPSA) is 60.2 Å². The van der Waals surface area contributed by atoms with Gasteiger partial charge in [0, 0.05) is 18.2 Å². The van der Waals surface area contributed by atoms with Crippen LogP contribution in [0.4, 0.5) is 13.2 Å². The van der Waals surface area contributed by atoms with Gasteiger partial charge in [0.15, 0.2) is 0 Å². The lowest BCUT2D eigenvalue weighted by Crippen LogP contribution is -2.37. The number of aromatic nitrogens is 3. The van der Waals surface area contributed by atoms with Crippen LogP contribution in [0.1, 0.15) is 17.2 Å². The number of carbonyl (C=O) groups excluding carboxylic acids is 1. The first-order valence-electron chi connectivity index (χ1n) is 7.54. The normalized spacial score (nSPS) is 14.6. The maximum absolute atomic E-state index is 12.4. The SMILES string of the molecule is Cc1nc2n(n1)CCN(C(=O)C=Cc1ccccc1OC(F)(F)F)C2. The molecule has 25 heavy (non-hydrogen) atoms. The molecule has 0 bridgehead atoms. The van der Waals surface area contributed by atoms with Crippen molar-refractivity contribution < 1.29 is 22.7 Å². The van der Waals surface area contributed by atoms with Gasteiger partial charge in [0.25, 0.3) is 0 Å². The Morgan fingerprint density at radius 3 is 2.80 bits per heavy atom. The summed E-state index contributed by atoms with van der Waals surface area (Å²) in [6.45, 7) is 3.07. The van der Waals surface area contributed by atoms with Gasteiger partial charge in [-0.1, -0.05) is 18.2 Å². The number of rotatable bonds is 3. The summed E-state index contributed by atoms with van der Waals surface area (Å²) in [6, 6.07) is 5.64. The zero-order valence-electron chi connectivity index (χ0n) is 13.3. The summed E-state index contributed by atoms with van der Waals surface area (Å²) >= 11 is 0. The molecule has 0 fully saturated rings. The van der Waals surface area contributed by atoms with E-state index in [0.717, 1.165) is 0 Å². The Bertz CT molecular complexity index is 814. The molecule has 0 unspecified atom stereocenters. The number of alkyl halides is 3. The van der Waals surface area contributed by atoms with Crippen LogP contribution in [0, 0.1) is 6.92 Å². The van der Waals surface area contributed by atoms with Gasteiger partial charge in [0.1, 0.15) is 17.4 Å². The van der Waals surface area contributed by atoms with Crippen molar-refractivity contribution in [3.05, 3.63) is 47.6 Å². The van der Waals surface area contributed by atoms with Crippen LogP contribution in [-0.2, 0) is 17.9 Å². The number of benzene rings is 1. The zero-order valence-corrected chi connectivity index (χ0v) is 13.3. The van der Waals surface area contributed by atoms with Gasteiger partial charge in [-0.3, -0.25) is 4.79 Å². The molecule has 132 valence electrons. The van der Waals surface area contributed by atoms with Crippen molar-refractivity contribution in [1.82, 2.24) is 19.7 Å². The Morgan fingerprint density at radius 1 is 1.28 bits per heavy atom. The predicted molar refractivity (Wildman–Crippen MR) is 82.3 cm³/mol. The largest absolute Gasteiger partial charge is 0.573 e. The van der Waals surface area contributed by atoms with Crippen LogP contribution < -0.4 is 4.74 Å². The summed E-state index contributed by atoms with van der Waals surface area (Å²) in [5.74, 6) is 0.658. The first-order valence-corrected chi connectivity index (χ1v) is 7.54. The monoisotopic (exact) mass is 352 g/mol. The maximum Gasteiger partial charge on any atom is 0.573 e. The number of ether oxygens (including phenoxy) is 1. The second kappa shape index (κ2) is 6.58. The predicted octanol–water partition coefficient (Wildman–Crippen LogP) is 2.54. The van der Waals surface area contributed by atoms with Gasteiger partial charge in [-0.2, -0.15) is 5.10 Å². The molecule has 0 spiro atoms. The molecule has 0 saturated heterocycles. The fraction of sp³-hybridized carbons (Fsp3) is 0.312. The van der Waals surface area contributed by atoms with Crippen LogP contribution in [0.5, 0.6) is 5.75 Å². The number of halogens is 3. The van der Waals surface area contributed by atoms with E-state index in [1.165, 1.54) is 30.4 Å². The maximum atomic E-state index is 12.4. The van der Waals surface area contributed by atoms with Crippen molar-refractivity contribution in [3.8, 4) is 5.75 Å². The molecule has 1 amide bonds. The molecule has 1 aliphatic rings. The lowest BCUT2D eigenvalue weighted by Gasteiger charge is -2.25. The van der Waals surface area contributed by atoms with Gasteiger partial charge in [-0.05, 0) is 19.1 Å². The highest BCUT2D eigenvalue weighted by molar-refractivity contribution is 5.92. The highest BCUT2D eigenvalue weighted by Crippen LogP contribution is 2.27. The molecular weight excluding hydrogens is 337 g/mol. The number of carbonyl (C=O) groups is 1.